The van der Waals surface area contributed by atoms with Crippen molar-refractivity contribution in [3.63, 3.8) is 0 Å². The topological polar surface area (TPSA) is 79.3 Å². The zero-order valence-corrected chi connectivity index (χ0v) is 20.0. The normalized spacial score (nSPS) is 12.0. The van der Waals surface area contributed by atoms with E-state index in [1.54, 1.807) is 36.3 Å². The minimum Gasteiger partial charge on any atom is -0.480 e. The van der Waals surface area contributed by atoms with Gasteiger partial charge in [-0.3, -0.25) is 9.78 Å². The van der Waals surface area contributed by atoms with E-state index < -0.39 is 17.9 Å². The Kier molecular flexibility index (Phi) is 8.69. The highest BCUT2D eigenvalue weighted by atomic mass is 35.5. The smallest absolute Gasteiger partial charge is 0.326 e. The molecule has 0 radical (unpaired) electrons. The zero-order valence-electron chi connectivity index (χ0n) is 18.4. The van der Waals surface area contributed by atoms with Crippen molar-refractivity contribution in [2.45, 2.75) is 19.4 Å². The Morgan fingerprint density at radius 2 is 1.94 bits per heavy atom. The number of aromatic nitrogens is 1. The number of rotatable bonds is 9. The van der Waals surface area contributed by atoms with Gasteiger partial charge in [0.1, 0.15) is 6.04 Å². The second kappa shape index (κ2) is 11.7. The number of amides is 1. The summed E-state index contributed by atoms with van der Waals surface area (Å²) in [6.45, 7) is 1.98. The van der Waals surface area contributed by atoms with E-state index in [-0.39, 0.29) is 0 Å². The van der Waals surface area contributed by atoms with Crippen LogP contribution < -0.4 is 5.32 Å². The molecule has 0 fully saturated rings. The minimum atomic E-state index is -1.04. The lowest BCUT2D eigenvalue weighted by Crippen LogP contribution is -2.41. The number of thioether (sulfide) groups is 1. The van der Waals surface area contributed by atoms with Crippen LogP contribution in [0.2, 0.25) is 5.02 Å². The largest absolute Gasteiger partial charge is 0.480 e. The summed E-state index contributed by atoms with van der Waals surface area (Å²) in [5, 5.41) is 12.8. The van der Waals surface area contributed by atoms with Crippen molar-refractivity contribution in [3.05, 3.63) is 88.2 Å². The van der Waals surface area contributed by atoms with Gasteiger partial charge in [0.25, 0.3) is 5.91 Å². The summed E-state index contributed by atoms with van der Waals surface area (Å²) >= 11 is 7.76. The first-order chi connectivity index (χ1) is 15.9. The SMILES string of the molecule is CSCC[C@H](NC(=O)c1ccc(/C=C/c2cnccc2Cl)cc1-c1ccccc1C)C(=O)O. The van der Waals surface area contributed by atoms with E-state index in [9.17, 15) is 14.7 Å². The Hall–Kier alpha value is -3.09. The number of nitrogens with one attached hydrogen (secondary N) is 1. The summed E-state index contributed by atoms with van der Waals surface area (Å²) < 4.78 is 0. The molecule has 2 N–H and O–H groups in total. The lowest BCUT2D eigenvalue weighted by molar-refractivity contribution is -0.139. The Balaban J connectivity index is 1.99. The van der Waals surface area contributed by atoms with Crippen LogP contribution in [0.1, 0.15) is 33.5 Å². The number of hydrogen-bond donors (Lipinski definition) is 2. The first-order valence-corrected chi connectivity index (χ1v) is 12.2. The predicted octanol–water partition coefficient (Wildman–Crippen LogP) is 5.82. The van der Waals surface area contributed by atoms with Crippen molar-refractivity contribution in [1.82, 2.24) is 10.3 Å². The Bertz CT molecular complexity index is 1180. The van der Waals surface area contributed by atoms with Crippen LogP contribution in [0, 0.1) is 6.92 Å². The second-order valence-corrected chi connectivity index (χ2v) is 8.89. The standard InChI is InChI=1S/C26H25ClN2O3S/c1-17-5-3-4-6-20(17)22-15-18(7-9-19-16-28-13-11-23(19)27)8-10-21(22)25(30)29-24(26(31)32)12-14-33-2/h3-11,13,15-16,24H,12,14H2,1-2H3,(H,29,30)(H,31,32)/b9-7+/t24-/m0/s1. The molecule has 7 heteroatoms. The molecule has 0 aliphatic rings. The van der Waals surface area contributed by atoms with Crippen molar-refractivity contribution in [2.75, 3.05) is 12.0 Å². The number of benzene rings is 2. The number of carboxylic acids is 1. The lowest BCUT2D eigenvalue weighted by Gasteiger charge is -2.17. The molecule has 1 aromatic heterocycles. The number of aryl methyl sites for hydroxylation is 1. The maximum atomic E-state index is 13.1. The quantitative estimate of drug-likeness (QED) is 0.403. The predicted molar refractivity (Wildman–Crippen MR) is 137 cm³/mol. The molecule has 0 aliphatic carbocycles. The summed E-state index contributed by atoms with van der Waals surface area (Å²) in [6, 6.07) is 14.1. The summed E-state index contributed by atoms with van der Waals surface area (Å²) in [4.78, 5) is 28.9. The number of halogens is 1. The molecule has 33 heavy (non-hydrogen) atoms. The van der Waals surface area contributed by atoms with Gasteiger partial charge < -0.3 is 10.4 Å². The zero-order chi connectivity index (χ0) is 23.8. The van der Waals surface area contributed by atoms with Crippen LogP contribution >= 0.6 is 23.4 Å². The van der Waals surface area contributed by atoms with Crippen LogP contribution in [0.15, 0.2) is 60.9 Å². The van der Waals surface area contributed by atoms with E-state index >= 15 is 0 Å². The number of aliphatic carboxylic acids is 1. The number of carbonyl (C=O) groups is 2. The maximum absolute atomic E-state index is 13.1. The average molecular weight is 481 g/mol. The van der Waals surface area contributed by atoms with Crippen molar-refractivity contribution in [2.24, 2.45) is 0 Å². The molecule has 0 aliphatic heterocycles. The Morgan fingerprint density at radius 1 is 1.15 bits per heavy atom. The fraction of sp³-hybridized carbons (Fsp3) is 0.192. The summed E-state index contributed by atoms with van der Waals surface area (Å²) in [5.41, 5.74) is 4.75. The van der Waals surface area contributed by atoms with Gasteiger partial charge in [-0.05, 0) is 65.8 Å². The molecule has 1 heterocycles. The fourth-order valence-corrected chi connectivity index (χ4v) is 4.03. The third-order valence-corrected chi connectivity index (χ3v) is 6.18. The number of carbonyl (C=O) groups excluding carboxylic acids is 1. The van der Waals surface area contributed by atoms with Gasteiger partial charge >= 0.3 is 5.97 Å². The van der Waals surface area contributed by atoms with Crippen molar-refractivity contribution in [3.8, 4) is 11.1 Å². The summed E-state index contributed by atoms with van der Waals surface area (Å²) in [7, 11) is 0. The Labute approximate surface area is 202 Å². The van der Waals surface area contributed by atoms with Crippen LogP contribution in [-0.4, -0.2) is 40.0 Å². The highest BCUT2D eigenvalue weighted by Gasteiger charge is 2.22. The van der Waals surface area contributed by atoms with Crippen molar-refractivity contribution in [1.29, 1.82) is 0 Å². The van der Waals surface area contributed by atoms with E-state index in [0.29, 0.717) is 22.8 Å². The Morgan fingerprint density at radius 3 is 2.64 bits per heavy atom. The second-order valence-electron chi connectivity index (χ2n) is 7.50. The molecular weight excluding hydrogens is 456 g/mol. The van der Waals surface area contributed by atoms with E-state index in [1.165, 1.54) is 0 Å². The number of carboxylic acid groups (broad SMARTS) is 1. The molecular formula is C26H25ClN2O3S. The molecule has 5 nitrogen and oxygen atoms in total. The number of pyridine rings is 1. The molecule has 0 bridgehead atoms. The molecule has 0 saturated carbocycles. The highest BCUT2D eigenvalue weighted by molar-refractivity contribution is 7.98. The first kappa shape index (κ1) is 24.6. The van der Waals surface area contributed by atoms with Gasteiger partial charge in [-0.1, -0.05) is 54.1 Å². The van der Waals surface area contributed by atoms with Gasteiger partial charge in [-0.15, -0.1) is 0 Å². The molecule has 3 aromatic rings. The molecule has 0 spiro atoms. The van der Waals surface area contributed by atoms with Crippen LogP contribution in [0.3, 0.4) is 0 Å². The molecule has 2 aromatic carbocycles. The van der Waals surface area contributed by atoms with Crippen LogP contribution in [0.5, 0.6) is 0 Å². The number of nitrogens with zero attached hydrogens (tertiary/aromatic N) is 1. The molecule has 0 saturated heterocycles. The maximum Gasteiger partial charge on any atom is 0.326 e. The van der Waals surface area contributed by atoms with Crippen molar-refractivity contribution < 1.29 is 14.7 Å². The fourth-order valence-electron chi connectivity index (χ4n) is 3.39. The molecule has 1 amide bonds. The van der Waals surface area contributed by atoms with Gasteiger partial charge in [-0.25, -0.2) is 4.79 Å². The average Bonchev–Trinajstić information content (AvgIpc) is 2.81. The van der Waals surface area contributed by atoms with Gasteiger partial charge in [-0.2, -0.15) is 11.8 Å². The van der Waals surface area contributed by atoms with Gasteiger partial charge in [0.15, 0.2) is 0 Å². The highest BCUT2D eigenvalue weighted by Crippen LogP contribution is 2.29. The van der Waals surface area contributed by atoms with Gasteiger partial charge in [0.2, 0.25) is 0 Å². The van der Waals surface area contributed by atoms with Gasteiger partial charge in [0, 0.05) is 23.5 Å². The molecule has 1 atom stereocenters. The number of hydrogen-bond acceptors (Lipinski definition) is 4. The molecule has 170 valence electrons. The lowest BCUT2D eigenvalue weighted by atomic mass is 9.93. The van der Waals surface area contributed by atoms with Crippen LogP contribution in [0.4, 0.5) is 0 Å². The van der Waals surface area contributed by atoms with E-state index in [1.807, 2.05) is 61.7 Å². The van der Waals surface area contributed by atoms with E-state index in [4.69, 9.17) is 11.6 Å². The monoisotopic (exact) mass is 480 g/mol. The third kappa shape index (κ3) is 6.46. The summed E-state index contributed by atoms with van der Waals surface area (Å²) in [6.07, 6.45) is 9.35. The minimum absolute atomic E-state index is 0.356. The van der Waals surface area contributed by atoms with E-state index in [0.717, 1.165) is 27.8 Å². The van der Waals surface area contributed by atoms with Crippen LogP contribution in [-0.2, 0) is 4.79 Å². The van der Waals surface area contributed by atoms with Crippen molar-refractivity contribution >= 4 is 47.4 Å². The summed E-state index contributed by atoms with van der Waals surface area (Å²) in [5.74, 6) is -0.807. The first-order valence-electron chi connectivity index (χ1n) is 10.4. The molecule has 0 unspecified atom stereocenters. The van der Waals surface area contributed by atoms with Gasteiger partial charge in [0.05, 0.1) is 5.02 Å². The molecule has 3 rings (SSSR count). The third-order valence-electron chi connectivity index (χ3n) is 5.19. The van der Waals surface area contributed by atoms with E-state index in [2.05, 4.69) is 10.3 Å². The van der Waals surface area contributed by atoms with Crippen LogP contribution in [0.25, 0.3) is 23.3 Å².